The van der Waals surface area contributed by atoms with Gasteiger partial charge in [0.25, 0.3) is 0 Å². The number of hydrogen-bond donors (Lipinski definition) is 1. The zero-order valence-corrected chi connectivity index (χ0v) is 12.5. The molecular weight excluding hydrogens is 292 g/mol. The van der Waals surface area contributed by atoms with Crippen molar-refractivity contribution in [1.29, 1.82) is 0 Å². The van der Waals surface area contributed by atoms with Gasteiger partial charge < -0.3 is 10.1 Å². The molecular formula is C15H13ClN2OS. The molecule has 0 fully saturated rings. The fourth-order valence-corrected chi connectivity index (χ4v) is 3.07. The van der Waals surface area contributed by atoms with Crippen molar-refractivity contribution in [3.63, 3.8) is 0 Å². The maximum atomic E-state index is 5.84. The minimum Gasteiger partial charge on any atom is -0.496 e. The average Bonchev–Trinajstić information content (AvgIpc) is 2.90. The first-order valence-electron chi connectivity index (χ1n) is 6.18. The number of rotatable bonds is 4. The largest absolute Gasteiger partial charge is 0.496 e. The molecule has 0 radical (unpaired) electrons. The van der Waals surface area contributed by atoms with Gasteiger partial charge in [0.1, 0.15) is 5.75 Å². The van der Waals surface area contributed by atoms with Gasteiger partial charge in [0, 0.05) is 27.5 Å². The van der Waals surface area contributed by atoms with E-state index >= 15 is 0 Å². The molecule has 0 atom stereocenters. The summed E-state index contributed by atoms with van der Waals surface area (Å²) in [6.07, 6.45) is 1.80. The minimum atomic E-state index is 0.571. The van der Waals surface area contributed by atoms with E-state index in [-0.39, 0.29) is 0 Å². The second-order valence-electron chi connectivity index (χ2n) is 4.29. The number of hydrogen-bond acceptors (Lipinski definition) is 4. The van der Waals surface area contributed by atoms with Crippen molar-refractivity contribution in [3.05, 3.63) is 51.9 Å². The lowest BCUT2D eigenvalue weighted by atomic mass is 10.1. The van der Waals surface area contributed by atoms with Gasteiger partial charge >= 0.3 is 0 Å². The van der Waals surface area contributed by atoms with Crippen LogP contribution in [0.25, 0.3) is 10.8 Å². The first kappa shape index (κ1) is 13.2. The third-order valence-electron chi connectivity index (χ3n) is 3.08. The van der Waals surface area contributed by atoms with Crippen LogP contribution in [0.4, 0.5) is 5.69 Å². The molecule has 1 aromatic heterocycles. The van der Waals surface area contributed by atoms with Crippen molar-refractivity contribution in [2.75, 3.05) is 12.4 Å². The lowest BCUT2D eigenvalue weighted by molar-refractivity contribution is 0.420. The number of thiazole rings is 1. The zero-order valence-electron chi connectivity index (χ0n) is 10.9. The van der Waals surface area contributed by atoms with Gasteiger partial charge in [-0.15, -0.1) is 11.3 Å². The molecule has 0 saturated carbocycles. The molecule has 3 nitrogen and oxygen atoms in total. The van der Waals surface area contributed by atoms with E-state index in [1.165, 1.54) is 11.3 Å². The number of aromatic nitrogens is 1. The molecule has 0 aliphatic heterocycles. The van der Waals surface area contributed by atoms with E-state index in [0.717, 1.165) is 27.1 Å². The molecule has 0 saturated heterocycles. The highest BCUT2D eigenvalue weighted by atomic mass is 35.5. The Morgan fingerprint density at radius 3 is 2.70 bits per heavy atom. The monoisotopic (exact) mass is 304 g/mol. The smallest absolute Gasteiger partial charge is 0.183 e. The Morgan fingerprint density at radius 2 is 2.00 bits per heavy atom. The fraction of sp³-hybridized carbons (Fsp3) is 0.133. The van der Waals surface area contributed by atoms with Crippen LogP contribution in [0.3, 0.4) is 0 Å². The van der Waals surface area contributed by atoms with Crippen molar-refractivity contribution >= 4 is 39.4 Å². The molecule has 0 amide bonds. The highest BCUT2D eigenvalue weighted by Crippen LogP contribution is 2.31. The first-order chi connectivity index (χ1) is 9.78. The lowest BCUT2D eigenvalue weighted by Gasteiger charge is -2.11. The number of nitrogens with zero attached hydrogens (tertiary/aromatic N) is 1. The number of nitrogens with one attached hydrogen (secondary N) is 1. The van der Waals surface area contributed by atoms with E-state index in [9.17, 15) is 0 Å². The molecule has 3 rings (SSSR count). The summed E-state index contributed by atoms with van der Waals surface area (Å²) in [5.74, 6) is 0.881. The maximum Gasteiger partial charge on any atom is 0.183 e. The minimum absolute atomic E-state index is 0.571. The van der Waals surface area contributed by atoms with Crippen LogP contribution in [-0.4, -0.2) is 12.1 Å². The highest BCUT2D eigenvalue weighted by molar-refractivity contribution is 7.15. The molecule has 5 heteroatoms. The molecule has 1 heterocycles. The van der Waals surface area contributed by atoms with E-state index in [2.05, 4.69) is 22.4 Å². The predicted octanol–water partition coefficient (Wildman–Crippen LogP) is 4.57. The summed E-state index contributed by atoms with van der Waals surface area (Å²) in [6, 6.07) is 12.2. The van der Waals surface area contributed by atoms with E-state index in [1.54, 1.807) is 13.3 Å². The van der Waals surface area contributed by atoms with Gasteiger partial charge in [-0.05, 0) is 12.1 Å². The van der Waals surface area contributed by atoms with Crippen molar-refractivity contribution in [1.82, 2.24) is 4.98 Å². The van der Waals surface area contributed by atoms with Gasteiger partial charge in [-0.25, -0.2) is 4.98 Å². The summed E-state index contributed by atoms with van der Waals surface area (Å²) >= 11 is 7.33. The standard InChI is InChI=1S/C15H13ClN2OS/c1-19-14-7-6-13(11-4-2-3-5-12(11)14)17-8-10-9-18-15(16)20-10/h2-7,9,17H,8H2,1H3. The van der Waals surface area contributed by atoms with E-state index in [0.29, 0.717) is 11.0 Å². The Bertz CT molecular complexity index is 742. The van der Waals surface area contributed by atoms with Crippen LogP contribution in [0.15, 0.2) is 42.6 Å². The van der Waals surface area contributed by atoms with Crippen LogP contribution in [0.1, 0.15) is 4.88 Å². The fourth-order valence-electron chi connectivity index (χ4n) is 2.15. The molecule has 102 valence electrons. The van der Waals surface area contributed by atoms with Crippen LogP contribution < -0.4 is 10.1 Å². The van der Waals surface area contributed by atoms with Crippen molar-refractivity contribution < 1.29 is 4.74 Å². The molecule has 3 aromatic rings. The predicted molar refractivity (Wildman–Crippen MR) is 85.0 cm³/mol. The van der Waals surface area contributed by atoms with E-state index in [1.807, 2.05) is 24.3 Å². The number of ether oxygens (including phenoxy) is 1. The van der Waals surface area contributed by atoms with Crippen molar-refractivity contribution in [2.45, 2.75) is 6.54 Å². The summed E-state index contributed by atoms with van der Waals surface area (Å²) < 4.78 is 5.97. The van der Waals surface area contributed by atoms with Crippen molar-refractivity contribution in [3.8, 4) is 5.75 Å². The Hall–Kier alpha value is -1.78. The Kier molecular flexibility index (Phi) is 3.76. The van der Waals surface area contributed by atoms with Crippen LogP contribution in [0.5, 0.6) is 5.75 Å². The third-order valence-corrected chi connectivity index (χ3v) is 4.20. The average molecular weight is 305 g/mol. The van der Waals surface area contributed by atoms with Crippen LogP contribution in [-0.2, 0) is 6.54 Å². The molecule has 20 heavy (non-hydrogen) atoms. The summed E-state index contributed by atoms with van der Waals surface area (Å²) in [5.41, 5.74) is 1.07. The molecule has 1 N–H and O–H groups in total. The normalized spacial score (nSPS) is 10.7. The Balaban J connectivity index is 1.92. The van der Waals surface area contributed by atoms with Gasteiger partial charge in [-0.1, -0.05) is 35.9 Å². The quantitative estimate of drug-likeness (QED) is 0.766. The summed E-state index contributed by atoms with van der Waals surface area (Å²) in [6.45, 7) is 0.709. The number of benzene rings is 2. The number of fused-ring (bicyclic) bond motifs is 1. The van der Waals surface area contributed by atoms with Gasteiger partial charge in [-0.3, -0.25) is 0 Å². The van der Waals surface area contributed by atoms with Gasteiger partial charge in [-0.2, -0.15) is 0 Å². The zero-order chi connectivity index (χ0) is 13.9. The lowest BCUT2D eigenvalue weighted by Crippen LogP contribution is -1.98. The summed E-state index contributed by atoms with van der Waals surface area (Å²) in [7, 11) is 1.69. The van der Waals surface area contributed by atoms with E-state index in [4.69, 9.17) is 16.3 Å². The second kappa shape index (κ2) is 5.69. The van der Waals surface area contributed by atoms with Gasteiger partial charge in [0.15, 0.2) is 4.47 Å². The highest BCUT2D eigenvalue weighted by Gasteiger charge is 2.06. The molecule has 0 aliphatic rings. The Morgan fingerprint density at radius 1 is 1.20 bits per heavy atom. The molecule has 0 spiro atoms. The van der Waals surface area contributed by atoms with Crippen LogP contribution in [0.2, 0.25) is 4.47 Å². The molecule has 0 bridgehead atoms. The van der Waals surface area contributed by atoms with E-state index < -0.39 is 0 Å². The number of methoxy groups -OCH3 is 1. The van der Waals surface area contributed by atoms with Crippen LogP contribution >= 0.6 is 22.9 Å². The molecule has 0 unspecified atom stereocenters. The number of halogens is 1. The SMILES string of the molecule is COc1ccc(NCc2cnc(Cl)s2)c2ccccc12. The topological polar surface area (TPSA) is 34.1 Å². The Labute approximate surface area is 126 Å². The molecule has 0 aliphatic carbocycles. The maximum absolute atomic E-state index is 5.84. The number of anilines is 1. The van der Waals surface area contributed by atoms with Gasteiger partial charge in [0.05, 0.1) is 13.7 Å². The molecule has 2 aromatic carbocycles. The third kappa shape index (κ3) is 2.57. The van der Waals surface area contributed by atoms with Gasteiger partial charge in [0.2, 0.25) is 0 Å². The first-order valence-corrected chi connectivity index (χ1v) is 7.37. The summed E-state index contributed by atoms with van der Waals surface area (Å²) in [4.78, 5) is 5.15. The second-order valence-corrected chi connectivity index (χ2v) is 5.99. The van der Waals surface area contributed by atoms with Crippen molar-refractivity contribution in [2.24, 2.45) is 0 Å². The van der Waals surface area contributed by atoms with Crippen LogP contribution in [0, 0.1) is 0 Å². The summed E-state index contributed by atoms with van der Waals surface area (Å²) in [5, 5.41) is 5.67.